The lowest BCUT2D eigenvalue weighted by atomic mass is 9.73. The fourth-order valence-corrected chi connectivity index (χ4v) is 3.32. The third-order valence-electron chi connectivity index (χ3n) is 4.16. The number of aryl methyl sites for hydroxylation is 1. The third-order valence-corrected chi connectivity index (χ3v) is 5.27. The lowest BCUT2D eigenvalue weighted by Crippen LogP contribution is -2.25. The van der Waals surface area contributed by atoms with E-state index in [2.05, 4.69) is 48.3 Å². The number of aromatic nitrogens is 2. The van der Waals surface area contributed by atoms with Gasteiger partial charge in [-0.25, -0.2) is 4.98 Å². The summed E-state index contributed by atoms with van der Waals surface area (Å²) >= 11 is 2.12. The Morgan fingerprint density at radius 2 is 2.00 bits per heavy atom. The first-order chi connectivity index (χ1) is 8.93. The van der Waals surface area contributed by atoms with Gasteiger partial charge in [0.05, 0.1) is 9.26 Å². The highest BCUT2D eigenvalue weighted by Crippen LogP contribution is 2.41. The van der Waals surface area contributed by atoms with Crippen molar-refractivity contribution in [3.05, 3.63) is 25.4 Å². The molecule has 0 saturated heterocycles. The quantitative estimate of drug-likeness (QED) is 0.813. The maximum Gasteiger partial charge on any atom is 0.264 e. The smallest absolute Gasteiger partial charge is 0.264 e. The topological polar surface area (TPSA) is 45.8 Å². The van der Waals surface area contributed by atoms with E-state index in [-0.39, 0.29) is 5.56 Å². The first kappa shape index (κ1) is 15.0. The Kier molecular flexibility index (Phi) is 4.69. The van der Waals surface area contributed by atoms with Gasteiger partial charge in [-0.2, -0.15) is 0 Å². The van der Waals surface area contributed by atoms with Gasteiger partial charge in [-0.3, -0.25) is 4.79 Å². The molecule has 1 aliphatic carbocycles. The van der Waals surface area contributed by atoms with Gasteiger partial charge >= 0.3 is 0 Å². The van der Waals surface area contributed by atoms with Gasteiger partial charge in [0.1, 0.15) is 5.82 Å². The molecule has 0 unspecified atom stereocenters. The highest BCUT2D eigenvalue weighted by atomic mass is 127. The second-order valence-corrected chi connectivity index (χ2v) is 7.48. The maximum atomic E-state index is 12.0. The number of H-pyrrole nitrogens is 1. The van der Waals surface area contributed by atoms with Gasteiger partial charge in [-0.05, 0) is 60.1 Å². The third kappa shape index (κ3) is 3.58. The molecule has 2 rings (SSSR count). The van der Waals surface area contributed by atoms with Gasteiger partial charge in [0.25, 0.3) is 5.56 Å². The van der Waals surface area contributed by atoms with E-state index in [1.165, 1.54) is 12.8 Å². The van der Waals surface area contributed by atoms with Crippen molar-refractivity contribution >= 4 is 22.6 Å². The SMILES string of the molecule is CCCc1nc(C2CCC(C)(C)CC2)[nH]c(=O)c1I. The minimum atomic E-state index is 0.0406. The van der Waals surface area contributed by atoms with Crippen molar-refractivity contribution in [3.63, 3.8) is 0 Å². The largest absolute Gasteiger partial charge is 0.309 e. The number of nitrogens with one attached hydrogen (secondary N) is 1. The summed E-state index contributed by atoms with van der Waals surface area (Å²) in [5.74, 6) is 1.36. The molecule has 1 aromatic heterocycles. The van der Waals surface area contributed by atoms with Crippen molar-refractivity contribution < 1.29 is 0 Å². The molecule has 3 nitrogen and oxygen atoms in total. The molecule has 0 radical (unpaired) electrons. The number of hydrogen-bond donors (Lipinski definition) is 1. The van der Waals surface area contributed by atoms with E-state index in [0.29, 0.717) is 11.3 Å². The fraction of sp³-hybridized carbons (Fsp3) is 0.733. The van der Waals surface area contributed by atoms with Crippen molar-refractivity contribution in [2.75, 3.05) is 0 Å². The molecule has 0 spiro atoms. The van der Waals surface area contributed by atoms with Crippen molar-refractivity contribution in [1.82, 2.24) is 9.97 Å². The zero-order chi connectivity index (χ0) is 14.0. The number of aromatic amines is 1. The van der Waals surface area contributed by atoms with Gasteiger partial charge in [0.2, 0.25) is 0 Å². The average molecular weight is 374 g/mol. The Labute approximate surface area is 128 Å². The number of halogens is 1. The van der Waals surface area contributed by atoms with E-state index in [1.807, 2.05) is 0 Å². The zero-order valence-electron chi connectivity index (χ0n) is 12.1. The second-order valence-electron chi connectivity index (χ2n) is 6.40. The van der Waals surface area contributed by atoms with Crippen LogP contribution in [-0.4, -0.2) is 9.97 Å². The minimum absolute atomic E-state index is 0.0406. The van der Waals surface area contributed by atoms with E-state index >= 15 is 0 Å². The van der Waals surface area contributed by atoms with Crippen LogP contribution in [-0.2, 0) is 6.42 Å². The van der Waals surface area contributed by atoms with E-state index < -0.39 is 0 Å². The Morgan fingerprint density at radius 3 is 2.58 bits per heavy atom. The van der Waals surface area contributed by atoms with Gasteiger partial charge in [-0.15, -0.1) is 0 Å². The number of rotatable bonds is 3. The molecule has 0 atom stereocenters. The van der Waals surface area contributed by atoms with Gasteiger partial charge < -0.3 is 4.98 Å². The normalized spacial score (nSPS) is 19.6. The van der Waals surface area contributed by atoms with Gasteiger partial charge in [0, 0.05) is 5.92 Å². The van der Waals surface area contributed by atoms with E-state index in [9.17, 15) is 4.79 Å². The molecule has 0 aliphatic heterocycles. The summed E-state index contributed by atoms with van der Waals surface area (Å²) in [6, 6.07) is 0. The van der Waals surface area contributed by atoms with E-state index in [0.717, 1.165) is 40.8 Å². The highest BCUT2D eigenvalue weighted by Gasteiger charge is 2.29. The number of hydrogen-bond acceptors (Lipinski definition) is 2. The predicted molar refractivity (Wildman–Crippen MR) is 86.6 cm³/mol. The minimum Gasteiger partial charge on any atom is -0.309 e. The van der Waals surface area contributed by atoms with Gasteiger partial charge in [0.15, 0.2) is 0 Å². The van der Waals surface area contributed by atoms with Crippen molar-refractivity contribution in [2.24, 2.45) is 5.41 Å². The summed E-state index contributed by atoms with van der Waals surface area (Å²) in [7, 11) is 0. The Morgan fingerprint density at radius 1 is 1.37 bits per heavy atom. The van der Waals surface area contributed by atoms with Crippen LogP contribution in [0.25, 0.3) is 0 Å². The first-order valence-corrected chi connectivity index (χ1v) is 8.29. The lowest BCUT2D eigenvalue weighted by Gasteiger charge is -2.33. The Hall–Kier alpha value is -0.390. The van der Waals surface area contributed by atoms with Crippen LogP contribution in [0.4, 0.5) is 0 Å². The molecule has 1 saturated carbocycles. The molecular weight excluding hydrogens is 351 g/mol. The van der Waals surface area contributed by atoms with E-state index in [1.54, 1.807) is 0 Å². The molecule has 0 amide bonds. The molecule has 1 aliphatic rings. The molecule has 1 N–H and O–H groups in total. The molecular formula is C15H23IN2O. The lowest BCUT2D eigenvalue weighted by molar-refractivity contribution is 0.220. The zero-order valence-corrected chi connectivity index (χ0v) is 14.2. The number of nitrogens with zero attached hydrogens (tertiary/aromatic N) is 1. The summed E-state index contributed by atoms with van der Waals surface area (Å²) in [5.41, 5.74) is 1.47. The average Bonchev–Trinajstić information content (AvgIpc) is 2.35. The summed E-state index contributed by atoms with van der Waals surface area (Å²) in [6.07, 6.45) is 6.65. The van der Waals surface area contributed by atoms with Crippen LogP contribution in [0.2, 0.25) is 0 Å². The van der Waals surface area contributed by atoms with Crippen molar-refractivity contribution in [3.8, 4) is 0 Å². The predicted octanol–water partition coefficient (Wildman–Crippen LogP) is 4.01. The van der Waals surface area contributed by atoms with Gasteiger partial charge in [-0.1, -0.05) is 27.2 Å². The molecule has 1 heterocycles. The Balaban J connectivity index is 2.24. The highest BCUT2D eigenvalue weighted by molar-refractivity contribution is 14.1. The molecule has 4 heteroatoms. The maximum absolute atomic E-state index is 12.0. The Bertz CT molecular complexity index is 497. The van der Waals surface area contributed by atoms with Crippen LogP contribution in [0.15, 0.2) is 4.79 Å². The van der Waals surface area contributed by atoms with E-state index in [4.69, 9.17) is 4.98 Å². The summed E-state index contributed by atoms with van der Waals surface area (Å²) in [6.45, 7) is 6.79. The van der Waals surface area contributed by atoms with Crippen molar-refractivity contribution in [1.29, 1.82) is 0 Å². The van der Waals surface area contributed by atoms with Crippen LogP contribution >= 0.6 is 22.6 Å². The molecule has 19 heavy (non-hydrogen) atoms. The second kappa shape index (κ2) is 5.94. The standard InChI is InChI=1S/C15H23IN2O/c1-4-5-11-12(16)14(19)18-13(17-11)10-6-8-15(2,3)9-7-10/h10H,4-9H2,1-3H3,(H,17,18,19). The molecule has 0 bridgehead atoms. The van der Waals surface area contributed by atoms with Crippen molar-refractivity contribution in [2.45, 2.75) is 65.2 Å². The molecule has 106 valence electrons. The van der Waals surface area contributed by atoms with Crippen LogP contribution in [0.1, 0.15) is 70.3 Å². The molecule has 0 aromatic carbocycles. The van der Waals surface area contributed by atoms with Crippen LogP contribution in [0.5, 0.6) is 0 Å². The van der Waals surface area contributed by atoms with Crippen LogP contribution < -0.4 is 5.56 Å². The van der Waals surface area contributed by atoms with Crippen LogP contribution in [0.3, 0.4) is 0 Å². The first-order valence-electron chi connectivity index (χ1n) is 7.21. The monoisotopic (exact) mass is 374 g/mol. The summed E-state index contributed by atoms with van der Waals surface area (Å²) < 4.78 is 0.763. The van der Waals surface area contributed by atoms with Crippen LogP contribution in [0, 0.1) is 8.99 Å². The fourth-order valence-electron chi connectivity index (χ4n) is 2.79. The molecule has 1 aromatic rings. The summed E-state index contributed by atoms with van der Waals surface area (Å²) in [5, 5.41) is 0. The molecule has 1 fully saturated rings. The summed E-state index contributed by atoms with van der Waals surface area (Å²) in [4.78, 5) is 19.7.